The lowest BCUT2D eigenvalue weighted by atomic mass is 9.87. The van der Waals surface area contributed by atoms with Crippen molar-refractivity contribution in [3.63, 3.8) is 0 Å². The molecule has 0 atom stereocenters. The third-order valence-electron chi connectivity index (χ3n) is 4.40. The Morgan fingerprint density at radius 3 is 2.31 bits per heavy atom. The summed E-state index contributed by atoms with van der Waals surface area (Å²) in [6, 6.07) is 13.7. The van der Waals surface area contributed by atoms with Crippen molar-refractivity contribution in [2.45, 2.75) is 52.9 Å². The number of carbonyl (C=O) groups is 1. The maximum atomic E-state index is 12.4. The van der Waals surface area contributed by atoms with E-state index in [1.807, 2.05) is 36.4 Å². The zero-order chi connectivity index (χ0) is 19.3. The first-order valence-electron chi connectivity index (χ1n) is 9.03. The molecule has 2 rings (SSSR count). The van der Waals surface area contributed by atoms with Gasteiger partial charge in [0.05, 0.1) is 0 Å². The Morgan fingerprint density at radius 2 is 1.73 bits per heavy atom. The van der Waals surface area contributed by atoms with E-state index in [2.05, 4.69) is 51.3 Å². The minimum atomic E-state index is -0.201. The van der Waals surface area contributed by atoms with Crippen LogP contribution in [0.2, 0.25) is 0 Å². The number of aryl methyl sites for hydroxylation is 1. The molecule has 0 aromatic heterocycles. The average molecular weight is 369 g/mol. The number of anilines is 1. The minimum Gasteiger partial charge on any atom is -0.332 e. The fraction of sp³-hybridized carbons (Fsp3) is 0.364. The molecule has 0 aliphatic heterocycles. The molecule has 0 saturated heterocycles. The second kappa shape index (κ2) is 8.45. The van der Waals surface area contributed by atoms with Gasteiger partial charge in [-0.2, -0.15) is 0 Å². The van der Waals surface area contributed by atoms with Crippen LogP contribution in [0, 0.1) is 6.92 Å². The molecule has 2 N–H and O–H groups in total. The Bertz CT molecular complexity index is 789. The monoisotopic (exact) mass is 368 g/mol. The van der Waals surface area contributed by atoms with E-state index in [4.69, 9.17) is 12.2 Å². The van der Waals surface area contributed by atoms with Gasteiger partial charge < -0.3 is 5.32 Å². The zero-order valence-corrected chi connectivity index (χ0v) is 17.1. The van der Waals surface area contributed by atoms with Gasteiger partial charge in [0, 0.05) is 11.3 Å². The van der Waals surface area contributed by atoms with Crippen molar-refractivity contribution >= 4 is 28.9 Å². The average Bonchev–Trinajstić information content (AvgIpc) is 2.57. The summed E-state index contributed by atoms with van der Waals surface area (Å²) in [7, 11) is 0. The van der Waals surface area contributed by atoms with Gasteiger partial charge in [-0.1, -0.05) is 58.4 Å². The van der Waals surface area contributed by atoms with Crippen molar-refractivity contribution in [1.29, 1.82) is 0 Å². The first-order valence-corrected chi connectivity index (χ1v) is 9.44. The standard InChI is InChI=1S/C22H28N2OS/c1-6-8-18-15(2)9-7-10-19(18)23-21(26)24-20(25)16-11-13-17(14-12-16)22(3,4)5/h7,9-14H,6,8H2,1-5H3,(H2,23,24,25,26). The predicted molar refractivity (Wildman–Crippen MR) is 114 cm³/mol. The second-order valence-electron chi connectivity index (χ2n) is 7.59. The highest BCUT2D eigenvalue weighted by atomic mass is 32.1. The molecule has 3 nitrogen and oxygen atoms in total. The lowest BCUT2D eigenvalue weighted by Gasteiger charge is -2.19. The van der Waals surface area contributed by atoms with E-state index in [0.717, 1.165) is 18.5 Å². The lowest BCUT2D eigenvalue weighted by Crippen LogP contribution is -2.34. The maximum Gasteiger partial charge on any atom is 0.257 e. The molecule has 0 unspecified atom stereocenters. The highest BCUT2D eigenvalue weighted by Crippen LogP contribution is 2.23. The molecule has 0 aliphatic carbocycles. The van der Waals surface area contributed by atoms with Gasteiger partial charge in [-0.25, -0.2) is 0 Å². The fourth-order valence-corrected chi connectivity index (χ4v) is 3.05. The Balaban J connectivity index is 2.06. The molecular formula is C22H28N2OS. The van der Waals surface area contributed by atoms with Crippen molar-refractivity contribution in [1.82, 2.24) is 5.32 Å². The molecule has 2 aromatic carbocycles. The lowest BCUT2D eigenvalue weighted by molar-refractivity contribution is 0.0977. The van der Waals surface area contributed by atoms with Crippen LogP contribution in [0.4, 0.5) is 5.69 Å². The van der Waals surface area contributed by atoms with Crippen molar-refractivity contribution in [2.75, 3.05) is 5.32 Å². The first-order chi connectivity index (χ1) is 12.2. The van der Waals surface area contributed by atoms with Gasteiger partial charge in [-0.15, -0.1) is 0 Å². The number of amides is 1. The summed E-state index contributed by atoms with van der Waals surface area (Å²) < 4.78 is 0. The zero-order valence-electron chi connectivity index (χ0n) is 16.3. The number of benzene rings is 2. The summed E-state index contributed by atoms with van der Waals surface area (Å²) in [6.07, 6.45) is 2.03. The molecule has 0 saturated carbocycles. The second-order valence-corrected chi connectivity index (χ2v) is 7.99. The van der Waals surface area contributed by atoms with E-state index in [1.54, 1.807) is 0 Å². The molecule has 2 aromatic rings. The van der Waals surface area contributed by atoms with Gasteiger partial charge in [0.1, 0.15) is 0 Å². The minimum absolute atomic E-state index is 0.0622. The van der Waals surface area contributed by atoms with Crippen LogP contribution in [0.25, 0.3) is 0 Å². The molecular weight excluding hydrogens is 340 g/mol. The van der Waals surface area contributed by atoms with Gasteiger partial charge in [-0.3, -0.25) is 10.1 Å². The Hall–Kier alpha value is -2.20. The van der Waals surface area contributed by atoms with Crippen molar-refractivity contribution in [3.8, 4) is 0 Å². The highest BCUT2D eigenvalue weighted by molar-refractivity contribution is 7.80. The fourth-order valence-electron chi connectivity index (χ4n) is 2.85. The SMILES string of the molecule is CCCc1c(C)cccc1NC(=S)NC(=O)c1ccc(C(C)(C)C)cc1. The molecule has 0 fully saturated rings. The van der Waals surface area contributed by atoms with E-state index in [9.17, 15) is 4.79 Å². The van der Waals surface area contributed by atoms with E-state index in [-0.39, 0.29) is 11.3 Å². The highest BCUT2D eigenvalue weighted by Gasteiger charge is 2.15. The summed E-state index contributed by atoms with van der Waals surface area (Å²) in [5, 5.41) is 6.26. The molecule has 4 heteroatoms. The van der Waals surface area contributed by atoms with Crippen molar-refractivity contribution in [2.24, 2.45) is 0 Å². The third kappa shape index (κ3) is 5.15. The normalized spacial score (nSPS) is 11.1. The van der Waals surface area contributed by atoms with Crippen LogP contribution in [-0.2, 0) is 11.8 Å². The van der Waals surface area contributed by atoms with E-state index in [0.29, 0.717) is 10.7 Å². The molecule has 0 bridgehead atoms. The summed E-state index contributed by atoms with van der Waals surface area (Å²) in [5.74, 6) is -0.201. The first kappa shape index (κ1) is 20.1. The van der Waals surface area contributed by atoms with Gasteiger partial charge >= 0.3 is 0 Å². The van der Waals surface area contributed by atoms with Crippen LogP contribution in [0.3, 0.4) is 0 Å². The van der Waals surface area contributed by atoms with E-state index < -0.39 is 0 Å². The molecule has 0 spiro atoms. The summed E-state index contributed by atoms with van der Waals surface area (Å²) >= 11 is 5.34. The number of nitrogens with one attached hydrogen (secondary N) is 2. The Kier molecular flexibility index (Phi) is 6.54. The van der Waals surface area contributed by atoms with Crippen LogP contribution in [-0.4, -0.2) is 11.0 Å². The van der Waals surface area contributed by atoms with Gasteiger partial charge in [0.2, 0.25) is 0 Å². The van der Waals surface area contributed by atoms with Gasteiger partial charge in [-0.05, 0) is 65.9 Å². The smallest absolute Gasteiger partial charge is 0.257 e. The van der Waals surface area contributed by atoms with E-state index >= 15 is 0 Å². The molecule has 0 aliphatic rings. The van der Waals surface area contributed by atoms with Crippen LogP contribution >= 0.6 is 12.2 Å². The van der Waals surface area contributed by atoms with Crippen LogP contribution in [0.1, 0.15) is 61.2 Å². The summed E-state index contributed by atoms with van der Waals surface area (Å²) in [4.78, 5) is 12.4. The maximum absolute atomic E-state index is 12.4. The molecule has 0 radical (unpaired) electrons. The van der Waals surface area contributed by atoms with Crippen molar-refractivity contribution < 1.29 is 4.79 Å². The number of carbonyl (C=O) groups excluding carboxylic acids is 1. The predicted octanol–water partition coefficient (Wildman–Crippen LogP) is 5.37. The van der Waals surface area contributed by atoms with E-state index in [1.165, 1.54) is 16.7 Å². The van der Waals surface area contributed by atoms with Crippen LogP contribution < -0.4 is 10.6 Å². The molecule has 1 amide bonds. The number of hydrogen-bond acceptors (Lipinski definition) is 2. The quantitative estimate of drug-likeness (QED) is 0.713. The third-order valence-corrected chi connectivity index (χ3v) is 4.60. The molecule has 138 valence electrons. The Labute approximate surface area is 162 Å². The number of rotatable bonds is 4. The van der Waals surface area contributed by atoms with Gasteiger partial charge in [0.15, 0.2) is 5.11 Å². The Morgan fingerprint density at radius 1 is 1.08 bits per heavy atom. The topological polar surface area (TPSA) is 41.1 Å². The number of thiocarbonyl (C=S) groups is 1. The van der Waals surface area contributed by atoms with Crippen LogP contribution in [0.15, 0.2) is 42.5 Å². The molecule has 26 heavy (non-hydrogen) atoms. The summed E-state index contributed by atoms with van der Waals surface area (Å²) in [5.41, 5.74) is 5.27. The van der Waals surface area contributed by atoms with Crippen LogP contribution in [0.5, 0.6) is 0 Å². The van der Waals surface area contributed by atoms with Crippen molar-refractivity contribution in [3.05, 3.63) is 64.7 Å². The summed E-state index contributed by atoms with van der Waals surface area (Å²) in [6.45, 7) is 10.7. The van der Waals surface area contributed by atoms with Gasteiger partial charge in [0.25, 0.3) is 5.91 Å². The number of hydrogen-bond donors (Lipinski definition) is 2. The largest absolute Gasteiger partial charge is 0.332 e. The molecule has 0 heterocycles.